The molecule has 2 heteroatoms. The Kier molecular flexibility index (Phi) is 5.71. The molecule has 1 unspecified atom stereocenters. The highest BCUT2D eigenvalue weighted by atomic mass is 28.3. The molecule has 1 atom stereocenters. The molecular weight excluding hydrogens is 306 g/mol. The van der Waals surface area contributed by atoms with Crippen LogP contribution in [-0.2, 0) is 0 Å². The molecule has 0 saturated carbocycles. The van der Waals surface area contributed by atoms with Gasteiger partial charge >= 0.3 is 0 Å². The smallest absolute Gasteiger partial charge is 0.174 e. The zero-order valence-electron chi connectivity index (χ0n) is 14.8. The molecule has 124 valence electrons. The Bertz CT molecular complexity index is 703. The minimum absolute atomic E-state index is 1.07. The number of hydrogen-bond acceptors (Lipinski definition) is 1. The van der Waals surface area contributed by atoms with Gasteiger partial charge in [-0.15, -0.1) is 0 Å². The SMILES string of the molecule is CCCCC1=C(N(c2ccccc2)[SiH](C)c2ccccc2)CC=C1. The standard InChI is InChI=1S/C22H27NSi/c1-3-4-12-19-13-11-18-22(19)23(20-14-7-5-8-15-20)24(2)21-16-9-6-10-17-21/h5-11,13-17,24H,3-4,12,18H2,1-2H3. The molecule has 24 heavy (non-hydrogen) atoms. The maximum absolute atomic E-state index is 2.67. The number of hydrogen-bond donors (Lipinski definition) is 0. The van der Waals surface area contributed by atoms with Crippen LogP contribution in [0.25, 0.3) is 0 Å². The minimum Gasteiger partial charge on any atom is -0.370 e. The average molecular weight is 334 g/mol. The lowest BCUT2D eigenvalue weighted by Gasteiger charge is -2.33. The summed E-state index contributed by atoms with van der Waals surface area (Å²) in [5.41, 5.74) is 4.40. The number of rotatable bonds is 7. The van der Waals surface area contributed by atoms with E-state index in [1.807, 2.05) is 0 Å². The summed E-state index contributed by atoms with van der Waals surface area (Å²) >= 11 is 0. The zero-order valence-corrected chi connectivity index (χ0v) is 15.9. The number of unbranched alkanes of at least 4 members (excludes halogenated alkanes) is 1. The minimum atomic E-state index is -1.29. The van der Waals surface area contributed by atoms with E-state index >= 15 is 0 Å². The van der Waals surface area contributed by atoms with Crippen molar-refractivity contribution in [2.45, 2.75) is 39.2 Å². The van der Waals surface area contributed by atoms with Gasteiger partial charge in [0.2, 0.25) is 0 Å². The Morgan fingerprint density at radius 1 is 0.958 bits per heavy atom. The van der Waals surface area contributed by atoms with Crippen molar-refractivity contribution in [2.75, 3.05) is 4.57 Å². The number of nitrogens with zero attached hydrogens (tertiary/aromatic N) is 1. The fourth-order valence-corrected chi connectivity index (χ4v) is 5.91. The molecule has 1 nitrogen and oxygen atoms in total. The van der Waals surface area contributed by atoms with Crippen molar-refractivity contribution >= 4 is 19.8 Å². The first-order chi connectivity index (χ1) is 11.8. The first kappa shape index (κ1) is 16.8. The molecule has 0 spiro atoms. The Balaban J connectivity index is 2.00. The Hall–Kier alpha value is -2.06. The third kappa shape index (κ3) is 3.70. The Labute approximate surface area is 148 Å². The summed E-state index contributed by atoms with van der Waals surface area (Å²) < 4.78 is 2.67. The molecule has 0 N–H and O–H groups in total. The third-order valence-corrected chi connectivity index (χ3v) is 7.53. The molecule has 1 aliphatic carbocycles. The predicted octanol–water partition coefficient (Wildman–Crippen LogP) is 5.16. The lowest BCUT2D eigenvalue weighted by atomic mass is 10.1. The first-order valence-corrected chi connectivity index (χ1v) is 11.3. The van der Waals surface area contributed by atoms with Gasteiger partial charge in [-0.2, -0.15) is 0 Å². The summed E-state index contributed by atoms with van der Waals surface area (Å²) in [6, 6.07) is 22.0. The second-order valence-corrected chi connectivity index (χ2v) is 9.01. The van der Waals surface area contributed by atoms with Crippen molar-refractivity contribution in [1.82, 2.24) is 0 Å². The van der Waals surface area contributed by atoms with Gasteiger partial charge in [-0.25, -0.2) is 0 Å². The number of allylic oxidation sites excluding steroid dienone is 3. The van der Waals surface area contributed by atoms with Crippen molar-refractivity contribution in [3.63, 3.8) is 0 Å². The van der Waals surface area contributed by atoms with E-state index in [4.69, 9.17) is 0 Å². The summed E-state index contributed by atoms with van der Waals surface area (Å²) in [5, 5.41) is 1.50. The van der Waals surface area contributed by atoms with Crippen molar-refractivity contribution in [1.29, 1.82) is 0 Å². The van der Waals surface area contributed by atoms with E-state index in [1.54, 1.807) is 0 Å². The molecule has 0 aromatic heterocycles. The third-order valence-electron chi connectivity index (χ3n) is 4.80. The van der Waals surface area contributed by atoms with Crippen LogP contribution in [0.3, 0.4) is 0 Å². The van der Waals surface area contributed by atoms with Crippen LogP contribution in [0.15, 0.2) is 84.1 Å². The Morgan fingerprint density at radius 3 is 2.29 bits per heavy atom. The fraction of sp³-hybridized carbons (Fsp3) is 0.273. The van der Waals surface area contributed by atoms with E-state index in [0.29, 0.717) is 0 Å². The van der Waals surface area contributed by atoms with Crippen molar-refractivity contribution in [2.24, 2.45) is 0 Å². The van der Waals surface area contributed by atoms with Gasteiger partial charge in [-0.1, -0.05) is 74.0 Å². The maximum Gasteiger partial charge on any atom is 0.174 e. The molecule has 0 radical (unpaired) electrons. The van der Waals surface area contributed by atoms with Crippen molar-refractivity contribution in [3.05, 3.63) is 84.1 Å². The van der Waals surface area contributed by atoms with E-state index in [-0.39, 0.29) is 0 Å². The monoisotopic (exact) mass is 333 g/mol. The second-order valence-electron chi connectivity index (χ2n) is 6.47. The van der Waals surface area contributed by atoms with Crippen molar-refractivity contribution < 1.29 is 0 Å². The van der Waals surface area contributed by atoms with Crippen LogP contribution in [0.2, 0.25) is 6.55 Å². The predicted molar refractivity (Wildman–Crippen MR) is 108 cm³/mol. The Morgan fingerprint density at radius 2 is 1.62 bits per heavy atom. The van der Waals surface area contributed by atoms with E-state index in [2.05, 4.69) is 90.9 Å². The molecule has 1 aliphatic rings. The molecule has 2 aromatic rings. The highest BCUT2D eigenvalue weighted by molar-refractivity contribution is 6.76. The molecule has 0 bridgehead atoms. The second kappa shape index (κ2) is 8.16. The topological polar surface area (TPSA) is 3.24 Å². The van der Waals surface area contributed by atoms with Crippen LogP contribution in [0.1, 0.15) is 32.6 Å². The summed E-state index contributed by atoms with van der Waals surface area (Å²) in [7, 11) is -1.29. The fourth-order valence-electron chi connectivity index (χ4n) is 3.47. The molecule has 0 amide bonds. The van der Waals surface area contributed by atoms with Crippen LogP contribution in [0.4, 0.5) is 5.69 Å². The normalized spacial score (nSPS) is 14.9. The molecule has 0 heterocycles. The molecule has 0 aliphatic heterocycles. The van der Waals surface area contributed by atoms with Crippen LogP contribution in [0.5, 0.6) is 0 Å². The van der Waals surface area contributed by atoms with Crippen LogP contribution >= 0.6 is 0 Å². The van der Waals surface area contributed by atoms with E-state index in [1.165, 1.54) is 41.4 Å². The number of para-hydroxylation sites is 1. The van der Waals surface area contributed by atoms with Gasteiger partial charge in [0.1, 0.15) is 0 Å². The maximum atomic E-state index is 2.67. The molecular formula is C22H27NSi. The van der Waals surface area contributed by atoms with E-state index < -0.39 is 8.96 Å². The van der Waals surface area contributed by atoms with E-state index in [9.17, 15) is 0 Å². The zero-order chi connectivity index (χ0) is 16.8. The van der Waals surface area contributed by atoms with Gasteiger partial charge in [0.15, 0.2) is 8.96 Å². The summed E-state index contributed by atoms with van der Waals surface area (Å²) in [6.45, 7) is 4.72. The van der Waals surface area contributed by atoms with Gasteiger partial charge in [0.25, 0.3) is 0 Å². The first-order valence-electron chi connectivity index (χ1n) is 9.09. The van der Waals surface area contributed by atoms with Gasteiger partial charge in [0, 0.05) is 17.8 Å². The molecule has 0 saturated heterocycles. The van der Waals surface area contributed by atoms with Gasteiger partial charge < -0.3 is 4.57 Å². The quantitative estimate of drug-likeness (QED) is 0.633. The highest BCUT2D eigenvalue weighted by Crippen LogP contribution is 2.31. The van der Waals surface area contributed by atoms with Crippen LogP contribution in [0, 0.1) is 0 Å². The van der Waals surface area contributed by atoms with E-state index in [0.717, 1.165) is 6.42 Å². The number of benzene rings is 2. The van der Waals surface area contributed by atoms with Gasteiger partial charge in [-0.3, -0.25) is 0 Å². The lowest BCUT2D eigenvalue weighted by Crippen LogP contribution is -2.45. The van der Waals surface area contributed by atoms with Gasteiger partial charge in [0.05, 0.1) is 0 Å². The van der Waals surface area contributed by atoms with Crippen molar-refractivity contribution in [3.8, 4) is 0 Å². The summed E-state index contributed by atoms with van der Waals surface area (Å²) in [6.07, 6.45) is 9.48. The lowest BCUT2D eigenvalue weighted by molar-refractivity contribution is 0.792. The number of anilines is 1. The van der Waals surface area contributed by atoms with Crippen LogP contribution < -0.4 is 9.75 Å². The summed E-state index contributed by atoms with van der Waals surface area (Å²) in [4.78, 5) is 0. The van der Waals surface area contributed by atoms with Crippen LogP contribution in [-0.4, -0.2) is 8.96 Å². The highest BCUT2D eigenvalue weighted by Gasteiger charge is 2.24. The van der Waals surface area contributed by atoms with Gasteiger partial charge in [-0.05, 0) is 42.3 Å². The summed E-state index contributed by atoms with van der Waals surface area (Å²) in [5.74, 6) is 0. The average Bonchev–Trinajstić information content (AvgIpc) is 3.10. The largest absolute Gasteiger partial charge is 0.370 e. The molecule has 0 fully saturated rings. The molecule has 2 aromatic carbocycles. The molecule has 3 rings (SSSR count).